The van der Waals surface area contributed by atoms with E-state index in [-0.39, 0.29) is 12.1 Å². The molecular weight excluding hydrogens is 462 g/mol. The average molecular weight is 496 g/mol. The average Bonchev–Trinajstić information content (AvgIpc) is 3.38. The summed E-state index contributed by atoms with van der Waals surface area (Å²) in [6.07, 6.45) is 2.83. The number of para-hydroxylation sites is 1. The molecular formula is C30H33N5S. The molecule has 184 valence electrons. The lowest BCUT2D eigenvalue weighted by atomic mass is 9.96. The first-order chi connectivity index (χ1) is 17.5. The molecule has 0 bridgehead atoms. The van der Waals surface area contributed by atoms with E-state index in [1.54, 1.807) is 0 Å². The van der Waals surface area contributed by atoms with Gasteiger partial charge in [0.05, 0.1) is 17.8 Å². The molecule has 0 saturated carbocycles. The highest BCUT2D eigenvalue weighted by atomic mass is 32.1. The van der Waals surface area contributed by atoms with Crippen molar-refractivity contribution in [3.63, 3.8) is 0 Å². The standard InChI is InChI=1S/C30H33N5S/c1-21-13-15-25(16-14-21)35-22(2)20-26(23(35)3)29-28(27-12-7-8-17-32-27)33-30(36)34(29)19-9-18-31-24-10-5-4-6-11-24/h4-8,10-17,20,28-29,31H,9,18-19H2,1-3H3,(H,33,36)/t28-,29-/m1/s1. The third-order valence-electron chi connectivity index (χ3n) is 6.96. The lowest BCUT2D eigenvalue weighted by Crippen LogP contribution is -2.31. The Balaban J connectivity index is 1.45. The Labute approximate surface area is 219 Å². The zero-order chi connectivity index (χ0) is 25.1. The largest absolute Gasteiger partial charge is 0.385 e. The van der Waals surface area contributed by atoms with E-state index < -0.39 is 0 Å². The molecule has 0 amide bonds. The Kier molecular flexibility index (Phi) is 7.05. The van der Waals surface area contributed by atoms with Crippen LogP contribution in [0.2, 0.25) is 0 Å². The van der Waals surface area contributed by atoms with Gasteiger partial charge in [-0.1, -0.05) is 42.0 Å². The van der Waals surface area contributed by atoms with Crippen LogP contribution in [0.4, 0.5) is 5.69 Å². The van der Waals surface area contributed by atoms with Crippen LogP contribution in [-0.2, 0) is 0 Å². The Bertz CT molecular complexity index is 1310. The third kappa shape index (κ3) is 4.86. The second-order valence-corrected chi connectivity index (χ2v) is 9.85. The van der Waals surface area contributed by atoms with Crippen molar-refractivity contribution in [2.24, 2.45) is 0 Å². The number of aromatic nitrogens is 2. The molecule has 6 heteroatoms. The summed E-state index contributed by atoms with van der Waals surface area (Å²) >= 11 is 5.89. The molecule has 1 fully saturated rings. The van der Waals surface area contributed by atoms with Crippen LogP contribution < -0.4 is 10.6 Å². The summed E-state index contributed by atoms with van der Waals surface area (Å²) in [5.74, 6) is 0. The lowest BCUT2D eigenvalue weighted by molar-refractivity contribution is 0.315. The molecule has 2 atom stereocenters. The van der Waals surface area contributed by atoms with Crippen LogP contribution in [0, 0.1) is 20.8 Å². The van der Waals surface area contributed by atoms with Crippen molar-refractivity contribution in [1.29, 1.82) is 0 Å². The van der Waals surface area contributed by atoms with E-state index in [9.17, 15) is 0 Å². The first-order valence-electron chi connectivity index (χ1n) is 12.6. The van der Waals surface area contributed by atoms with Gasteiger partial charge >= 0.3 is 0 Å². The van der Waals surface area contributed by atoms with Crippen molar-refractivity contribution < 1.29 is 0 Å². The number of nitrogens with one attached hydrogen (secondary N) is 2. The van der Waals surface area contributed by atoms with Crippen LogP contribution in [0.1, 0.15) is 46.7 Å². The first kappa shape index (κ1) is 24.1. The first-order valence-corrected chi connectivity index (χ1v) is 13.0. The van der Waals surface area contributed by atoms with Gasteiger partial charge in [-0.3, -0.25) is 4.98 Å². The number of hydrogen-bond acceptors (Lipinski definition) is 3. The minimum atomic E-state index is -0.00671. The number of anilines is 1. The van der Waals surface area contributed by atoms with Crippen molar-refractivity contribution in [1.82, 2.24) is 19.8 Å². The summed E-state index contributed by atoms with van der Waals surface area (Å²) in [6.45, 7) is 8.26. The monoisotopic (exact) mass is 495 g/mol. The van der Waals surface area contributed by atoms with E-state index in [4.69, 9.17) is 17.2 Å². The number of rotatable bonds is 8. The number of hydrogen-bond donors (Lipinski definition) is 2. The highest BCUT2D eigenvalue weighted by Gasteiger charge is 2.41. The lowest BCUT2D eigenvalue weighted by Gasteiger charge is -2.28. The number of benzene rings is 2. The normalized spacial score (nSPS) is 17.3. The predicted molar refractivity (Wildman–Crippen MR) is 152 cm³/mol. The molecule has 2 aromatic carbocycles. The van der Waals surface area contributed by atoms with Gasteiger partial charge in [0, 0.05) is 42.0 Å². The van der Waals surface area contributed by atoms with Gasteiger partial charge in [-0.05, 0) is 87.4 Å². The number of pyridine rings is 1. The van der Waals surface area contributed by atoms with Gasteiger partial charge in [0.2, 0.25) is 0 Å². The molecule has 2 aromatic heterocycles. The molecule has 0 radical (unpaired) electrons. The number of aryl methyl sites for hydroxylation is 2. The van der Waals surface area contributed by atoms with E-state index in [2.05, 4.69) is 102 Å². The van der Waals surface area contributed by atoms with Gasteiger partial charge in [-0.25, -0.2) is 0 Å². The third-order valence-corrected chi connectivity index (χ3v) is 7.31. The minimum Gasteiger partial charge on any atom is -0.385 e. The van der Waals surface area contributed by atoms with Gasteiger partial charge in [0.1, 0.15) is 0 Å². The highest BCUT2D eigenvalue weighted by molar-refractivity contribution is 7.80. The number of thiocarbonyl (C=S) groups is 1. The highest BCUT2D eigenvalue weighted by Crippen LogP contribution is 2.41. The molecule has 2 N–H and O–H groups in total. The molecule has 5 rings (SSSR count). The van der Waals surface area contributed by atoms with E-state index in [1.807, 2.05) is 24.4 Å². The fourth-order valence-electron chi connectivity index (χ4n) is 5.20. The van der Waals surface area contributed by atoms with Crippen molar-refractivity contribution in [3.05, 3.63) is 113 Å². The van der Waals surface area contributed by atoms with Crippen LogP contribution in [0.25, 0.3) is 5.69 Å². The van der Waals surface area contributed by atoms with E-state index in [1.165, 1.54) is 28.2 Å². The fraction of sp³-hybridized carbons (Fsp3) is 0.267. The Morgan fingerprint density at radius 2 is 1.69 bits per heavy atom. The van der Waals surface area contributed by atoms with Crippen LogP contribution in [0.3, 0.4) is 0 Å². The zero-order valence-corrected chi connectivity index (χ0v) is 21.9. The minimum absolute atomic E-state index is 0.00671. The second-order valence-electron chi connectivity index (χ2n) is 9.46. The Hall–Kier alpha value is -3.64. The molecule has 3 heterocycles. The molecule has 36 heavy (non-hydrogen) atoms. The Morgan fingerprint density at radius 3 is 2.42 bits per heavy atom. The smallest absolute Gasteiger partial charge is 0.170 e. The molecule has 0 aliphatic carbocycles. The summed E-state index contributed by atoms with van der Waals surface area (Å²) in [7, 11) is 0. The van der Waals surface area contributed by atoms with Gasteiger partial charge in [-0.15, -0.1) is 0 Å². The zero-order valence-electron chi connectivity index (χ0n) is 21.1. The van der Waals surface area contributed by atoms with Crippen molar-refractivity contribution in [3.8, 4) is 5.69 Å². The van der Waals surface area contributed by atoms with E-state index in [0.29, 0.717) is 0 Å². The molecule has 1 aliphatic rings. The van der Waals surface area contributed by atoms with Gasteiger partial charge < -0.3 is 20.1 Å². The van der Waals surface area contributed by atoms with E-state index >= 15 is 0 Å². The predicted octanol–water partition coefficient (Wildman–Crippen LogP) is 6.27. The maximum absolute atomic E-state index is 5.89. The summed E-state index contributed by atoms with van der Waals surface area (Å²) in [4.78, 5) is 7.05. The van der Waals surface area contributed by atoms with Crippen molar-refractivity contribution >= 4 is 23.0 Å². The second kappa shape index (κ2) is 10.5. The molecule has 1 saturated heterocycles. The van der Waals surface area contributed by atoms with Crippen molar-refractivity contribution in [2.45, 2.75) is 39.3 Å². The quantitative estimate of drug-likeness (QED) is 0.223. The van der Waals surface area contributed by atoms with Gasteiger partial charge in [0.25, 0.3) is 0 Å². The van der Waals surface area contributed by atoms with Gasteiger partial charge in [0.15, 0.2) is 5.11 Å². The molecule has 0 spiro atoms. The molecule has 0 unspecified atom stereocenters. The van der Waals surface area contributed by atoms with Gasteiger partial charge in [-0.2, -0.15) is 0 Å². The molecule has 4 aromatic rings. The SMILES string of the molecule is Cc1ccc(-n2c(C)cc([C@@H]3[C@@H](c4ccccn4)NC(=S)N3CCCNc3ccccc3)c2C)cc1. The van der Waals surface area contributed by atoms with Crippen LogP contribution in [0.5, 0.6) is 0 Å². The Morgan fingerprint density at radius 1 is 0.944 bits per heavy atom. The maximum atomic E-state index is 5.89. The summed E-state index contributed by atoms with van der Waals surface area (Å²) < 4.78 is 2.35. The fourth-order valence-corrected chi connectivity index (χ4v) is 5.53. The summed E-state index contributed by atoms with van der Waals surface area (Å²) in [5, 5.41) is 7.91. The molecule has 1 aliphatic heterocycles. The van der Waals surface area contributed by atoms with Crippen molar-refractivity contribution in [2.75, 3.05) is 18.4 Å². The van der Waals surface area contributed by atoms with E-state index in [0.717, 1.165) is 36.0 Å². The molecule has 5 nitrogen and oxygen atoms in total. The number of nitrogens with zero attached hydrogens (tertiary/aromatic N) is 3. The van der Waals surface area contributed by atoms with Crippen LogP contribution in [0.15, 0.2) is 85.1 Å². The summed E-state index contributed by atoms with van der Waals surface area (Å²) in [5.41, 5.74) is 8.34. The maximum Gasteiger partial charge on any atom is 0.170 e. The van der Waals surface area contributed by atoms with Crippen LogP contribution in [-0.4, -0.2) is 32.7 Å². The van der Waals surface area contributed by atoms with Crippen LogP contribution >= 0.6 is 12.2 Å². The summed E-state index contributed by atoms with van der Waals surface area (Å²) in [6, 6.07) is 27.5. The topological polar surface area (TPSA) is 45.1 Å².